The van der Waals surface area contributed by atoms with Gasteiger partial charge in [-0.2, -0.15) is 0 Å². The van der Waals surface area contributed by atoms with Crippen molar-refractivity contribution in [3.8, 4) is 0 Å². The summed E-state index contributed by atoms with van der Waals surface area (Å²) in [6.07, 6.45) is 1.38. The second-order valence-electron chi connectivity index (χ2n) is 4.02. The van der Waals surface area contributed by atoms with E-state index in [1.54, 1.807) is 6.92 Å². The van der Waals surface area contributed by atoms with Crippen LogP contribution in [0.2, 0.25) is 0 Å². The number of hydrogen-bond donors (Lipinski definition) is 1. The molecule has 0 atom stereocenters. The molecule has 0 spiro atoms. The van der Waals surface area contributed by atoms with Crippen LogP contribution in [0.15, 0.2) is 40.4 Å². The number of esters is 1. The lowest BCUT2D eigenvalue weighted by Crippen LogP contribution is -2.08. The molecule has 0 fully saturated rings. The minimum atomic E-state index is -0.965. The highest BCUT2D eigenvalue weighted by Gasteiger charge is 2.16. The Morgan fingerprint density at radius 2 is 2.10 bits per heavy atom. The van der Waals surface area contributed by atoms with E-state index in [2.05, 4.69) is 4.98 Å². The molecule has 1 aromatic carbocycles. The van der Waals surface area contributed by atoms with Crippen molar-refractivity contribution in [2.75, 3.05) is 12.3 Å². The van der Waals surface area contributed by atoms with E-state index in [0.717, 1.165) is 23.9 Å². The Morgan fingerprint density at radius 1 is 1.33 bits per heavy atom. The molecule has 0 aliphatic rings. The number of nitrogens with two attached hydrogens (primary N) is 1. The molecule has 0 saturated carbocycles. The summed E-state index contributed by atoms with van der Waals surface area (Å²) in [7, 11) is 0. The monoisotopic (exact) mass is 310 g/mol. The zero-order chi connectivity index (χ0) is 15.4. The van der Waals surface area contributed by atoms with E-state index in [9.17, 15) is 13.6 Å². The highest BCUT2D eigenvalue weighted by Crippen LogP contribution is 2.30. The van der Waals surface area contributed by atoms with Gasteiger partial charge in [0.05, 0.1) is 24.1 Å². The summed E-state index contributed by atoms with van der Waals surface area (Å²) in [6.45, 7) is 1.89. The summed E-state index contributed by atoms with van der Waals surface area (Å²) in [6, 6.07) is 4.88. The predicted molar refractivity (Wildman–Crippen MR) is 75.1 cm³/mol. The fourth-order valence-corrected chi connectivity index (χ4v) is 2.44. The van der Waals surface area contributed by atoms with Crippen LogP contribution in [0.3, 0.4) is 0 Å². The van der Waals surface area contributed by atoms with Gasteiger partial charge in [-0.05, 0) is 31.2 Å². The van der Waals surface area contributed by atoms with Crippen molar-refractivity contribution in [3.05, 3.63) is 47.7 Å². The number of ether oxygens (including phenoxy) is 1. The van der Waals surface area contributed by atoms with Gasteiger partial charge in [-0.3, -0.25) is 0 Å². The maximum atomic E-state index is 13.2. The average molecular weight is 310 g/mol. The lowest BCUT2D eigenvalue weighted by atomic mass is 10.2. The first kappa shape index (κ1) is 15.2. The van der Waals surface area contributed by atoms with E-state index >= 15 is 0 Å². The molecule has 0 aliphatic heterocycles. The molecule has 0 unspecified atom stereocenters. The smallest absolute Gasteiger partial charge is 0.340 e. The van der Waals surface area contributed by atoms with Crippen LogP contribution in [0.25, 0.3) is 0 Å². The number of aromatic nitrogens is 1. The summed E-state index contributed by atoms with van der Waals surface area (Å²) < 4.78 is 31.0. The zero-order valence-electron chi connectivity index (χ0n) is 11.1. The van der Waals surface area contributed by atoms with E-state index in [1.807, 2.05) is 0 Å². The van der Waals surface area contributed by atoms with Gasteiger partial charge in [0.1, 0.15) is 5.03 Å². The number of benzene rings is 1. The Kier molecular flexibility index (Phi) is 4.74. The normalized spacial score (nSPS) is 10.4. The molecule has 7 heteroatoms. The van der Waals surface area contributed by atoms with Crippen molar-refractivity contribution in [2.24, 2.45) is 0 Å². The summed E-state index contributed by atoms with van der Waals surface area (Å²) in [4.78, 5) is 16.3. The zero-order valence-corrected chi connectivity index (χ0v) is 11.9. The predicted octanol–water partition coefficient (Wildman–Crippen LogP) is 3.27. The average Bonchev–Trinajstić information content (AvgIpc) is 2.45. The van der Waals surface area contributed by atoms with Gasteiger partial charge in [0, 0.05) is 4.90 Å². The Labute approximate surface area is 124 Å². The number of rotatable bonds is 4. The van der Waals surface area contributed by atoms with Crippen LogP contribution in [0.5, 0.6) is 0 Å². The van der Waals surface area contributed by atoms with E-state index in [1.165, 1.54) is 18.3 Å². The molecule has 0 saturated heterocycles. The van der Waals surface area contributed by atoms with E-state index < -0.39 is 17.6 Å². The number of carbonyl (C=O) groups excluding carboxylic acids is 1. The first-order valence-electron chi connectivity index (χ1n) is 6.06. The second-order valence-corrected chi connectivity index (χ2v) is 5.08. The molecule has 0 amide bonds. The fraction of sp³-hybridized carbons (Fsp3) is 0.143. The van der Waals surface area contributed by atoms with Crippen LogP contribution in [-0.4, -0.2) is 17.6 Å². The molecule has 110 valence electrons. The molecule has 1 heterocycles. The highest BCUT2D eigenvalue weighted by atomic mass is 32.2. The van der Waals surface area contributed by atoms with Gasteiger partial charge in [-0.25, -0.2) is 18.6 Å². The molecule has 4 nitrogen and oxygen atoms in total. The highest BCUT2D eigenvalue weighted by molar-refractivity contribution is 7.99. The molecular weight excluding hydrogens is 298 g/mol. The topological polar surface area (TPSA) is 65.2 Å². The van der Waals surface area contributed by atoms with E-state index in [-0.39, 0.29) is 12.2 Å². The number of halogens is 2. The van der Waals surface area contributed by atoms with Crippen LogP contribution >= 0.6 is 11.8 Å². The molecule has 0 aliphatic carbocycles. The van der Waals surface area contributed by atoms with Crippen LogP contribution in [0.4, 0.5) is 14.5 Å². The Balaban J connectivity index is 2.34. The first-order valence-corrected chi connectivity index (χ1v) is 6.88. The number of nitrogens with zero attached hydrogens (tertiary/aromatic N) is 1. The number of carbonyl (C=O) groups is 1. The van der Waals surface area contributed by atoms with Crippen molar-refractivity contribution in [2.45, 2.75) is 16.8 Å². The van der Waals surface area contributed by atoms with Crippen molar-refractivity contribution >= 4 is 23.4 Å². The SMILES string of the molecule is CCOC(=O)c1cc(N)cnc1Sc1ccc(F)c(F)c1. The molecule has 0 radical (unpaired) electrons. The molecule has 1 aromatic heterocycles. The summed E-state index contributed by atoms with van der Waals surface area (Å²) >= 11 is 1.03. The van der Waals surface area contributed by atoms with Gasteiger partial charge < -0.3 is 10.5 Å². The maximum Gasteiger partial charge on any atom is 0.340 e. The lowest BCUT2D eigenvalue weighted by Gasteiger charge is -2.08. The second kappa shape index (κ2) is 6.53. The van der Waals surface area contributed by atoms with E-state index in [4.69, 9.17) is 10.5 Å². The summed E-state index contributed by atoms with van der Waals surface area (Å²) in [5.41, 5.74) is 6.11. The number of hydrogen-bond acceptors (Lipinski definition) is 5. The van der Waals surface area contributed by atoms with Gasteiger partial charge >= 0.3 is 5.97 Å². The molecule has 2 aromatic rings. The van der Waals surface area contributed by atoms with Crippen LogP contribution < -0.4 is 5.73 Å². The summed E-state index contributed by atoms with van der Waals surface area (Å²) in [5, 5.41) is 0.314. The first-order chi connectivity index (χ1) is 10.0. The van der Waals surface area contributed by atoms with Crippen LogP contribution in [-0.2, 0) is 4.74 Å². The molecule has 2 N–H and O–H groups in total. The van der Waals surface area contributed by atoms with E-state index in [0.29, 0.717) is 15.6 Å². The number of pyridine rings is 1. The Hall–Kier alpha value is -2.15. The number of nitrogen functional groups attached to an aromatic ring is 1. The molecule has 2 rings (SSSR count). The van der Waals surface area contributed by atoms with Gasteiger partial charge in [-0.15, -0.1) is 0 Å². The largest absolute Gasteiger partial charge is 0.462 e. The van der Waals surface area contributed by atoms with Gasteiger partial charge in [0.15, 0.2) is 11.6 Å². The third-order valence-corrected chi connectivity index (χ3v) is 3.48. The van der Waals surface area contributed by atoms with Crippen molar-refractivity contribution in [1.29, 1.82) is 0 Å². The molecule has 21 heavy (non-hydrogen) atoms. The third-order valence-electron chi connectivity index (χ3n) is 2.47. The minimum absolute atomic E-state index is 0.187. The maximum absolute atomic E-state index is 13.2. The van der Waals surface area contributed by atoms with Gasteiger partial charge in [-0.1, -0.05) is 11.8 Å². The summed E-state index contributed by atoms with van der Waals surface area (Å²) in [5.74, 6) is -2.47. The van der Waals surface area contributed by atoms with Crippen molar-refractivity contribution in [1.82, 2.24) is 4.98 Å². The molecular formula is C14H12F2N2O2S. The Morgan fingerprint density at radius 3 is 2.76 bits per heavy atom. The van der Waals surface area contributed by atoms with Gasteiger partial charge in [0.25, 0.3) is 0 Å². The number of anilines is 1. The van der Waals surface area contributed by atoms with Crippen molar-refractivity contribution < 1.29 is 18.3 Å². The van der Waals surface area contributed by atoms with Crippen molar-refractivity contribution in [3.63, 3.8) is 0 Å². The van der Waals surface area contributed by atoms with Gasteiger partial charge in [0.2, 0.25) is 0 Å². The third kappa shape index (κ3) is 3.69. The van der Waals surface area contributed by atoms with Crippen LogP contribution in [0.1, 0.15) is 17.3 Å². The quantitative estimate of drug-likeness (QED) is 0.878. The Bertz CT molecular complexity index is 680. The van der Waals surface area contributed by atoms with Crippen LogP contribution in [0, 0.1) is 11.6 Å². The molecule has 0 bridgehead atoms. The fourth-order valence-electron chi connectivity index (χ4n) is 1.56. The lowest BCUT2D eigenvalue weighted by molar-refractivity contribution is 0.0521. The standard InChI is InChI=1S/C14H12F2N2O2S/c1-2-20-14(19)10-5-8(17)7-18-13(10)21-9-3-4-11(15)12(16)6-9/h3-7H,2,17H2,1H3. The minimum Gasteiger partial charge on any atom is -0.462 e.